The number of benzene rings is 1. The molecule has 1 aromatic rings. The molecule has 0 unspecified atom stereocenters. The zero-order valence-electron chi connectivity index (χ0n) is 8.44. The van der Waals surface area contributed by atoms with Crippen molar-refractivity contribution < 1.29 is 0 Å². The van der Waals surface area contributed by atoms with E-state index in [1.54, 1.807) is 24.3 Å². The highest BCUT2D eigenvalue weighted by molar-refractivity contribution is 5.50. The molecule has 0 aliphatic heterocycles. The number of nitrogens with one attached hydrogen (secondary N) is 1. The van der Waals surface area contributed by atoms with Crippen LogP contribution in [-0.2, 0) is 6.42 Å². The SMILES string of the molecule is N#CCc1ccc(NC=C(C#N)C#N)cc1. The zero-order valence-corrected chi connectivity index (χ0v) is 8.44. The number of nitrogens with zero attached hydrogens (tertiary/aromatic N) is 3. The molecule has 1 N–H and O–H groups in total. The standard InChI is InChI=1S/C12H8N4/c13-6-5-10-1-3-12(4-2-10)16-9-11(7-14)8-15/h1-4,9,16H,5H2. The molecule has 0 aliphatic carbocycles. The lowest BCUT2D eigenvalue weighted by Crippen LogP contribution is -1.90. The number of hydrogen-bond donors (Lipinski definition) is 1. The van der Waals surface area contributed by atoms with Gasteiger partial charge in [-0.1, -0.05) is 12.1 Å². The fourth-order valence-electron chi connectivity index (χ4n) is 1.06. The van der Waals surface area contributed by atoms with Gasteiger partial charge < -0.3 is 5.32 Å². The molecular weight excluding hydrogens is 200 g/mol. The minimum Gasteiger partial charge on any atom is -0.360 e. The summed E-state index contributed by atoms with van der Waals surface area (Å²) >= 11 is 0. The van der Waals surface area contributed by atoms with Gasteiger partial charge in [0.25, 0.3) is 0 Å². The van der Waals surface area contributed by atoms with Gasteiger partial charge >= 0.3 is 0 Å². The Hall–Kier alpha value is -2.77. The Kier molecular flexibility index (Phi) is 4.14. The Morgan fingerprint density at radius 2 is 1.75 bits per heavy atom. The smallest absolute Gasteiger partial charge is 0.145 e. The van der Waals surface area contributed by atoms with Crippen molar-refractivity contribution in [2.75, 3.05) is 5.32 Å². The van der Waals surface area contributed by atoms with Crippen molar-refractivity contribution in [3.8, 4) is 18.2 Å². The number of nitriles is 3. The molecule has 76 valence electrons. The van der Waals surface area contributed by atoms with E-state index in [9.17, 15) is 0 Å². The highest BCUT2D eigenvalue weighted by Crippen LogP contribution is 2.10. The summed E-state index contributed by atoms with van der Waals surface area (Å²) in [6.45, 7) is 0. The summed E-state index contributed by atoms with van der Waals surface area (Å²) in [5, 5.41) is 28.3. The van der Waals surface area contributed by atoms with Crippen molar-refractivity contribution in [3.63, 3.8) is 0 Å². The van der Waals surface area contributed by atoms with Crippen molar-refractivity contribution >= 4 is 5.69 Å². The summed E-state index contributed by atoms with van der Waals surface area (Å²) in [6.07, 6.45) is 1.72. The summed E-state index contributed by atoms with van der Waals surface area (Å²) in [5.41, 5.74) is 1.71. The first-order valence-corrected chi connectivity index (χ1v) is 4.53. The minimum absolute atomic E-state index is 0.0149. The summed E-state index contributed by atoms with van der Waals surface area (Å²) < 4.78 is 0. The molecule has 1 rings (SSSR count). The Balaban J connectivity index is 2.71. The Morgan fingerprint density at radius 1 is 1.12 bits per heavy atom. The van der Waals surface area contributed by atoms with Crippen LogP contribution in [0.25, 0.3) is 0 Å². The van der Waals surface area contributed by atoms with Gasteiger partial charge in [0, 0.05) is 11.9 Å². The van der Waals surface area contributed by atoms with E-state index < -0.39 is 0 Å². The van der Waals surface area contributed by atoms with E-state index in [0.717, 1.165) is 11.3 Å². The highest BCUT2D eigenvalue weighted by atomic mass is 14.8. The third-order valence-corrected chi connectivity index (χ3v) is 1.86. The molecule has 16 heavy (non-hydrogen) atoms. The second-order valence-electron chi connectivity index (χ2n) is 2.96. The molecule has 0 radical (unpaired) electrons. The number of anilines is 1. The largest absolute Gasteiger partial charge is 0.360 e. The van der Waals surface area contributed by atoms with Crippen LogP contribution in [0.2, 0.25) is 0 Å². The molecule has 1 aromatic carbocycles. The molecule has 0 bridgehead atoms. The monoisotopic (exact) mass is 208 g/mol. The van der Waals surface area contributed by atoms with E-state index in [2.05, 4.69) is 11.4 Å². The summed E-state index contributed by atoms with van der Waals surface area (Å²) in [6, 6.07) is 12.8. The molecule has 0 fully saturated rings. The van der Waals surface area contributed by atoms with Crippen LogP contribution in [0, 0.1) is 34.0 Å². The first-order valence-electron chi connectivity index (χ1n) is 4.53. The molecule has 0 amide bonds. The fraction of sp³-hybridized carbons (Fsp3) is 0.0833. The van der Waals surface area contributed by atoms with Gasteiger partial charge in [-0.3, -0.25) is 0 Å². The van der Waals surface area contributed by atoms with Gasteiger partial charge in [-0.2, -0.15) is 15.8 Å². The van der Waals surface area contributed by atoms with Gasteiger partial charge in [0.15, 0.2) is 0 Å². The molecule has 0 atom stereocenters. The van der Waals surface area contributed by atoms with Gasteiger partial charge in [-0.15, -0.1) is 0 Å². The van der Waals surface area contributed by atoms with E-state index in [1.807, 2.05) is 12.1 Å². The number of allylic oxidation sites excluding steroid dienone is 1. The lowest BCUT2D eigenvalue weighted by atomic mass is 10.1. The number of rotatable bonds is 3. The summed E-state index contributed by atoms with van der Waals surface area (Å²) in [4.78, 5) is 0. The Morgan fingerprint density at radius 3 is 2.25 bits per heavy atom. The van der Waals surface area contributed by atoms with Crippen LogP contribution in [0.15, 0.2) is 36.0 Å². The van der Waals surface area contributed by atoms with Crippen molar-refractivity contribution in [3.05, 3.63) is 41.6 Å². The lowest BCUT2D eigenvalue weighted by molar-refractivity contribution is 1.26. The van der Waals surface area contributed by atoms with E-state index in [0.29, 0.717) is 6.42 Å². The quantitative estimate of drug-likeness (QED) is 0.771. The van der Waals surface area contributed by atoms with Crippen LogP contribution in [-0.4, -0.2) is 0 Å². The first-order chi connectivity index (χ1) is 7.80. The summed E-state index contributed by atoms with van der Waals surface area (Å²) in [7, 11) is 0. The van der Waals surface area contributed by atoms with Crippen LogP contribution >= 0.6 is 0 Å². The van der Waals surface area contributed by atoms with Crippen molar-refractivity contribution in [2.24, 2.45) is 0 Å². The van der Waals surface area contributed by atoms with Gasteiger partial charge in [0.2, 0.25) is 0 Å². The van der Waals surface area contributed by atoms with Gasteiger partial charge in [0.1, 0.15) is 17.7 Å². The summed E-state index contributed by atoms with van der Waals surface area (Å²) in [5.74, 6) is 0. The Bertz CT molecular complexity index is 490. The fourth-order valence-corrected chi connectivity index (χ4v) is 1.06. The topological polar surface area (TPSA) is 83.4 Å². The van der Waals surface area contributed by atoms with E-state index in [1.165, 1.54) is 6.20 Å². The maximum atomic E-state index is 8.50. The van der Waals surface area contributed by atoms with E-state index in [4.69, 9.17) is 15.8 Å². The van der Waals surface area contributed by atoms with Crippen LogP contribution in [0.3, 0.4) is 0 Å². The second kappa shape index (κ2) is 5.86. The van der Waals surface area contributed by atoms with Crippen LogP contribution in [0.5, 0.6) is 0 Å². The molecule has 0 saturated carbocycles. The average Bonchev–Trinajstić information content (AvgIpc) is 2.33. The predicted molar refractivity (Wildman–Crippen MR) is 58.7 cm³/mol. The van der Waals surface area contributed by atoms with Gasteiger partial charge in [-0.25, -0.2) is 0 Å². The average molecular weight is 208 g/mol. The molecule has 4 heteroatoms. The number of hydrogen-bond acceptors (Lipinski definition) is 4. The predicted octanol–water partition coefficient (Wildman–Crippen LogP) is 2.10. The molecule has 0 heterocycles. The molecular formula is C12H8N4. The van der Waals surface area contributed by atoms with E-state index in [-0.39, 0.29) is 5.57 Å². The third-order valence-electron chi connectivity index (χ3n) is 1.86. The van der Waals surface area contributed by atoms with Gasteiger partial charge in [-0.05, 0) is 17.7 Å². The molecule has 0 aliphatic rings. The minimum atomic E-state index is 0.0149. The van der Waals surface area contributed by atoms with Crippen LogP contribution in [0.4, 0.5) is 5.69 Å². The maximum Gasteiger partial charge on any atom is 0.145 e. The first kappa shape index (κ1) is 11.3. The normalized spacial score (nSPS) is 8.06. The third kappa shape index (κ3) is 3.18. The van der Waals surface area contributed by atoms with Gasteiger partial charge in [0.05, 0.1) is 12.5 Å². The lowest BCUT2D eigenvalue weighted by Gasteiger charge is -2.00. The zero-order chi connectivity index (χ0) is 11.8. The van der Waals surface area contributed by atoms with E-state index >= 15 is 0 Å². The highest BCUT2D eigenvalue weighted by Gasteiger charge is 1.94. The van der Waals surface area contributed by atoms with Crippen LogP contribution < -0.4 is 5.32 Å². The van der Waals surface area contributed by atoms with Crippen molar-refractivity contribution in [2.45, 2.75) is 6.42 Å². The Labute approximate surface area is 93.7 Å². The molecule has 4 nitrogen and oxygen atoms in total. The second-order valence-corrected chi connectivity index (χ2v) is 2.96. The van der Waals surface area contributed by atoms with Crippen LogP contribution in [0.1, 0.15) is 5.56 Å². The molecule has 0 saturated heterocycles. The molecule has 0 spiro atoms. The maximum absolute atomic E-state index is 8.50. The van der Waals surface area contributed by atoms with Crippen molar-refractivity contribution in [1.29, 1.82) is 15.8 Å². The molecule has 0 aromatic heterocycles. The van der Waals surface area contributed by atoms with Crippen molar-refractivity contribution in [1.82, 2.24) is 0 Å².